The lowest BCUT2D eigenvalue weighted by atomic mass is 9.95. The number of amides is 1. The van der Waals surface area contributed by atoms with Gasteiger partial charge in [-0.1, -0.05) is 0 Å². The van der Waals surface area contributed by atoms with Crippen molar-refractivity contribution >= 4 is 17.4 Å². The van der Waals surface area contributed by atoms with E-state index in [1.165, 1.54) is 21.2 Å². The van der Waals surface area contributed by atoms with Gasteiger partial charge in [0.25, 0.3) is 5.91 Å². The van der Waals surface area contributed by atoms with Crippen LogP contribution in [0.3, 0.4) is 0 Å². The zero-order valence-corrected chi connectivity index (χ0v) is 15.5. The number of hydrogen-bond acceptors (Lipinski definition) is 5. The van der Waals surface area contributed by atoms with E-state index in [2.05, 4.69) is 16.7 Å². The van der Waals surface area contributed by atoms with Crippen LogP contribution in [0.2, 0.25) is 0 Å². The Labute approximate surface area is 161 Å². The molecule has 3 rings (SSSR count). The summed E-state index contributed by atoms with van der Waals surface area (Å²) in [6.45, 7) is 2.42. The molecule has 2 aromatic rings. The average Bonchev–Trinajstić information content (AvgIpc) is 2.97. The second-order valence-corrected chi connectivity index (χ2v) is 6.95. The molecular weight excluding hydrogens is 362 g/mol. The van der Waals surface area contributed by atoms with Crippen molar-refractivity contribution in [2.24, 2.45) is 5.92 Å². The molecule has 0 spiro atoms. The minimum atomic E-state index is -1.00. The number of nitrogens with zero attached hydrogens (tertiary/aromatic N) is 3. The molecule has 2 aromatic heterocycles. The molecule has 1 saturated heterocycles. The number of nitrogens with one attached hydrogen (secondary N) is 2. The fourth-order valence-corrected chi connectivity index (χ4v) is 3.54. The van der Waals surface area contributed by atoms with Crippen molar-refractivity contribution in [3.63, 3.8) is 0 Å². The summed E-state index contributed by atoms with van der Waals surface area (Å²) in [7, 11) is 0. The Morgan fingerprint density at radius 2 is 2.07 bits per heavy atom. The van der Waals surface area contributed by atoms with E-state index in [0.717, 1.165) is 32.4 Å². The molecule has 0 atom stereocenters. The summed E-state index contributed by atoms with van der Waals surface area (Å²) in [5.74, 6) is -0.939. The summed E-state index contributed by atoms with van der Waals surface area (Å²) >= 11 is 0. The Kier molecular flexibility index (Phi) is 6.11. The van der Waals surface area contributed by atoms with Crippen molar-refractivity contribution < 1.29 is 14.7 Å². The molecule has 9 nitrogen and oxygen atoms in total. The predicted octanol–water partition coefficient (Wildman–Crippen LogP) is 0.567. The highest BCUT2D eigenvalue weighted by atomic mass is 16.4. The molecule has 0 saturated carbocycles. The summed E-state index contributed by atoms with van der Waals surface area (Å²) in [5.41, 5.74) is 0.636. The molecule has 3 N–H and O–H groups in total. The van der Waals surface area contributed by atoms with Gasteiger partial charge < -0.3 is 15.7 Å². The second kappa shape index (κ2) is 8.71. The van der Waals surface area contributed by atoms with Gasteiger partial charge >= 0.3 is 11.7 Å². The zero-order valence-electron chi connectivity index (χ0n) is 15.5. The Morgan fingerprint density at radius 3 is 2.75 bits per heavy atom. The van der Waals surface area contributed by atoms with Crippen molar-refractivity contribution in [3.8, 4) is 6.07 Å². The van der Waals surface area contributed by atoms with Crippen LogP contribution in [0, 0.1) is 17.2 Å². The molecule has 0 aliphatic carbocycles. The van der Waals surface area contributed by atoms with Gasteiger partial charge in [0, 0.05) is 19.3 Å². The Balaban J connectivity index is 1.82. The first-order valence-electron chi connectivity index (χ1n) is 9.37. The standard InChI is InChI=1S/C19H23N5O4/c20-11-16-15-2-1-14(18(27)22-9-5-17(25)26)12-24(15)19(28)23(16)10-6-13-3-7-21-8-4-13/h1-2,12-13,21H,3-10H2,(H,22,27)(H,25,26). The number of nitriles is 1. The highest BCUT2D eigenvalue weighted by molar-refractivity contribution is 5.94. The molecule has 1 amide bonds. The molecule has 1 aliphatic heterocycles. The van der Waals surface area contributed by atoms with Crippen LogP contribution in [0.25, 0.3) is 5.52 Å². The van der Waals surface area contributed by atoms with Gasteiger partial charge in [-0.05, 0) is 50.4 Å². The Morgan fingerprint density at radius 1 is 1.32 bits per heavy atom. The van der Waals surface area contributed by atoms with E-state index >= 15 is 0 Å². The first-order valence-corrected chi connectivity index (χ1v) is 9.37. The maximum atomic E-state index is 12.8. The number of hydrogen-bond donors (Lipinski definition) is 3. The van der Waals surface area contributed by atoms with Crippen LogP contribution in [-0.2, 0) is 11.3 Å². The quantitative estimate of drug-likeness (QED) is 0.639. The molecule has 0 aromatic carbocycles. The number of aliphatic carboxylic acids is 1. The average molecular weight is 385 g/mol. The number of pyridine rings is 1. The number of carboxylic acid groups (broad SMARTS) is 1. The molecule has 0 radical (unpaired) electrons. The number of fused-ring (bicyclic) bond motifs is 1. The number of carbonyl (C=O) groups is 2. The smallest absolute Gasteiger partial charge is 0.333 e. The molecule has 148 valence electrons. The minimum Gasteiger partial charge on any atom is -0.481 e. The van der Waals surface area contributed by atoms with Gasteiger partial charge in [0.05, 0.1) is 17.5 Å². The number of imidazole rings is 1. The van der Waals surface area contributed by atoms with Gasteiger partial charge in [-0.25, -0.2) is 4.79 Å². The fraction of sp³-hybridized carbons (Fsp3) is 0.474. The number of carboxylic acids is 1. The van der Waals surface area contributed by atoms with Crippen molar-refractivity contribution in [1.82, 2.24) is 19.6 Å². The summed E-state index contributed by atoms with van der Waals surface area (Å²) in [6.07, 6.45) is 4.17. The highest BCUT2D eigenvalue weighted by Gasteiger charge is 2.18. The van der Waals surface area contributed by atoms with Crippen LogP contribution in [0.15, 0.2) is 23.1 Å². The Hall–Kier alpha value is -3.12. The second-order valence-electron chi connectivity index (χ2n) is 6.95. The third-order valence-electron chi connectivity index (χ3n) is 5.11. The molecule has 3 heterocycles. The zero-order chi connectivity index (χ0) is 20.1. The van der Waals surface area contributed by atoms with Gasteiger partial charge in [0.2, 0.25) is 0 Å². The maximum absolute atomic E-state index is 12.8. The molecule has 0 bridgehead atoms. The minimum absolute atomic E-state index is 0.00179. The molecule has 28 heavy (non-hydrogen) atoms. The normalized spacial score (nSPS) is 14.7. The van der Waals surface area contributed by atoms with Crippen molar-refractivity contribution in [2.75, 3.05) is 19.6 Å². The van der Waals surface area contributed by atoms with Crippen molar-refractivity contribution in [3.05, 3.63) is 40.1 Å². The largest absolute Gasteiger partial charge is 0.481 e. The maximum Gasteiger partial charge on any atom is 0.333 e. The van der Waals surface area contributed by atoms with E-state index in [9.17, 15) is 19.6 Å². The summed E-state index contributed by atoms with van der Waals surface area (Å²) in [5, 5.41) is 24.0. The third-order valence-corrected chi connectivity index (χ3v) is 5.11. The topological polar surface area (TPSA) is 129 Å². The first-order chi connectivity index (χ1) is 13.5. The van der Waals surface area contributed by atoms with Crippen LogP contribution in [0.4, 0.5) is 0 Å². The van der Waals surface area contributed by atoms with E-state index < -0.39 is 11.9 Å². The third kappa shape index (κ3) is 4.23. The van der Waals surface area contributed by atoms with Crippen LogP contribution < -0.4 is 16.3 Å². The SMILES string of the molecule is N#Cc1c2ccc(C(=O)NCCC(=O)O)cn2c(=O)n1CCC1CCNCC1. The molecule has 1 aliphatic rings. The van der Waals surface area contributed by atoms with Crippen LogP contribution in [0.5, 0.6) is 0 Å². The predicted molar refractivity (Wildman–Crippen MR) is 101 cm³/mol. The van der Waals surface area contributed by atoms with E-state index in [1.807, 2.05) is 0 Å². The summed E-state index contributed by atoms with van der Waals surface area (Å²) in [4.78, 5) is 35.5. The lowest BCUT2D eigenvalue weighted by molar-refractivity contribution is -0.136. The van der Waals surface area contributed by atoms with Gasteiger partial charge in [-0.15, -0.1) is 0 Å². The van der Waals surface area contributed by atoms with E-state index in [1.54, 1.807) is 6.07 Å². The Bertz CT molecular complexity index is 979. The number of rotatable bonds is 7. The van der Waals surface area contributed by atoms with Gasteiger partial charge in [-0.2, -0.15) is 5.26 Å². The molecule has 1 fully saturated rings. The molecular formula is C19H23N5O4. The van der Waals surface area contributed by atoms with Gasteiger partial charge in [-0.3, -0.25) is 18.6 Å². The van der Waals surface area contributed by atoms with Crippen LogP contribution in [-0.4, -0.2) is 45.6 Å². The monoisotopic (exact) mass is 385 g/mol. The number of piperidine rings is 1. The summed E-state index contributed by atoms with van der Waals surface area (Å²) in [6, 6.07) is 5.21. The molecule has 9 heteroatoms. The van der Waals surface area contributed by atoms with E-state index in [4.69, 9.17) is 5.11 Å². The number of aromatic nitrogens is 2. The van der Waals surface area contributed by atoms with E-state index in [0.29, 0.717) is 18.0 Å². The number of carbonyl (C=O) groups excluding carboxylic acids is 1. The highest BCUT2D eigenvalue weighted by Crippen LogP contribution is 2.18. The lowest BCUT2D eigenvalue weighted by Gasteiger charge is -2.22. The van der Waals surface area contributed by atoms with Crippen LogP contribution in [0.1, 0.15) is 41.7 Å². The van der Waals surface area contributed by atoms with Gasteiger partial charge in [0.1, 0.15) is 11.8 Å². The van der Waals surface area contributed by atoms with Crippen LogP contribution >= 0.6 is 0 Å². The lowest BCUT2D eigenvalue weighted by Crippen LogP contribution is -2.29. The van der Waals surface area contributed by atoms with Crippen molar-refractivity contribution in [2.45, 2.75) is 32.2 Å². The fourth-order valence-electron chi connectivity index (χ4n) is 3.54. The summed E-state index contributed by atoms with van der Waals surface area (Å²) < 4.78 is 2.79. The molecule has 0 unspecified atom stereocenters. The van der Waals surface area contributed by atoms with E-state index in [-0.39, 0.29) is 29.9 Å². The van der Waals surface area contributed by atoms with Gasteiger partial charge in [0.15, 0.2) is 0 Å². The van der Waals surface area contributed by atoms with Crippen molar-refractivity contribution in [1.29, 1.82) is 5.26 Å². The first kappa shape index (κ1) is 19.6.